The minimum absolute atomic E-state index is 0.0375. The Bertz CT molecular complexity index is 1230. The molecule has 2 unspecified atom stereocenters. The zero-order valence-electron chi connectivity index (χ0n) is 25.5. The van der Waals surface area contributed by atoms with Gasteiger partial charge in [-0.05, 0) is 51.2 Å². The number of halogens is 2. The number of H-pyrrole nitrogens is 1. The van der Waals surface area contributed by atoms with E-state index in [1.54, 1.807) is 0 Å². The second kappa shape index (κ2) is 13.7. The molecule has 42 heavy (non-hydrogen) atoms. The lowest BCUT2D eigenvalue weighted by molar-refractivity contribution is -0.139. The summed E-state index contributed by atoms with van der Waals surface area (Å²) in [4.78, 5) is 47.0. The molecule has 3 heterocycles. The van der Waals surface area contributed by atoms with Crippen molar-refractivity contribution in [3.05, 3.63) is 33.1 Å². The van der Waals surface area contributed by atoms with Crippen molar-refractivity contribution in [3.8, 4) is 0 Å². The lowest BCUT2D eigenvalue weighted by Gasteiger charge is -2.41. The molecule has 2 aliphatic heterocycles. The number of ether oxygens (including phenoxy) is 3. The zero-order valence-corrected chi connectivity index (χ0v) is 30.5. The lowest BCUT2D eigenvalue weighted by atomic mass is 9.92. The standard InChI is InChI=1S/C26H46Br2N3O9PSi/c1-24(2,3)42(6,7)40-19-14-22(31-12-9-21(32)29-23(31)33)38-20(19)15-26(28,17-30(13-11-27)41(34,35)36)10-8-18-16-37-25(4,5)39-18/h9,12,18-20,22H,8,10-11,13-17H2,1-7H3,(H,29,32,33)(H2,34,35,36)/t18?,19-,20+,22+,26?/m0/s1. The number of hydrogen-bond donors (Lipinski definition) is 3. The van der Waals surface area contributed by atoms with E-state index >= 15 is 0 Å². The van der Waals surface area contributed by atoms with Crippen molar-refractivity contribution < 1.29 is 33.0 Å². The second-order valence-corrected chi connectivity index (χ2v) is 22.1. The highest BCUT2D eigenvalue weighted by Gasteiger charge is 2.48. The molecule has 12 nitrogen and oxygen atoms in total. The fourth-order valence-electron chi connectivity index (χ4n) is 5.04. The fraction of sp³-hybridized carbons (Fsp3) is 0.846. The van der Waals surface area contributed by atoms with Gasteiger partial charge in [0.25, 0.3) is 5.56 Å². The Morgan fingerprint density at radius 3 is 2.48 bits per heavy atom. The number of rotatable bonds is 13. The van der Waals surface area contributed by atoms with Crippen molar-refractivity contribution in [2.24, 2.45) is 0 Å². The molecule has 2 fully saturated rings. The molecular formula is C26H46Br2N3O9PSi. The van der Waals surface area contributed by atoms with Gasteiger partial charge in [-0.1, -0.05) is 52.6 Å². The summed E-state index contributed by atoms with van der Waals surface area (Å²) < 4.78 is 39.3. The Hall–Kier alpha value is -0.193. The van der Waals surface area contributed by atoms with Crippen LogP contribution in [0.1, 0.15) is 66.5 Å². The van der Waals surface area contributed by atoms with Crippen molar-refractivity contribution >= 4 is 47.9 Å². The zero-order chi connectivity index (χ0) is 31.7. The Labute approximate surface area is 265 Å². The van der Waals surface area contributed by atoms with E-state index in [9.17, 15) is 23.9 Å². The maximum absolute atomic E-state index is 12.7. The van der Waals surface area contributed by atoms with Gasteiger partial charge in [0.1, 0.15) is 6.23 Å². The van der Waals surface area contributed by atoms with Crippen molar-refractivity contribution in [1.82, 2.24) is 14.2 Å². The predicted octanol–water partition coefficient (Wildman–Crippen LogP) is 4.46. The predicted molar refractivity (Wildman–Crippen MR) is 170 cm³/mol. The van der Waals surface area contributed by atoms with E-state index in [0.717, 1.165) is 4.67 Å². The third kappa shape index (κ3) is 9.65. The second-order valence-electron chi connectivity index (χ2n) is 13.2. The average molecular weight is 764 g/mol. The van der Waals surface area contributed by atoms with E-state index in [2.05, 4.69) is 70.7 Å². The average Bonchev–Trinajstić information content (AvgIpc) is 3.37. The van der Waals surface area contributed by atoms with Crippen molar-refractivity contribution in [2.75, 3.05) is 25.0 Å². The summed E-state index contributed by atoms with van der Waals surface area (Å²) in [5, 5.41) is 0.291. The normalized spacial score (nSPS) is 26.6. The van der Waals surface area contributed by atoms with Crippen LogP contribution in [0.3, 0.4) is 0 Å². The van der Waals surface area contributed by atoms with Gasteiger partial charge < -0.3 is 28.4 Å². The molecule has 242 valence electrons. The van der Waals surface area contributed by atoms with Crippen molar-refractivity contribution in [2.45, 2.75) is 113 Å². The molecule has 2 aliphatic rings. The SMILES string of the molecule is CC1(C)OCC(CCC(Br)(C[C@H]2O[C@@H](n3ccc(=O)[nH]c3=O)C[C@@H]2O[Si](C)(C)C(C)(C)C)CN(CCBr)P(=O)(O)O)O1. The smallest absolute Gasteiger partial charge is 0.403 e. The molecular weight excluding hydrogens is 717 g/mol. The maximum atomic E-state index is 12.7. The van der Waals surface area contributed by atoms with E-state index in [1.807, 2.05) is 13.8 Å². The van der Waals surface area contributed by atoms with Gasteiger partial charge in [0.15, 0.2) is 14.1 Å². The molecule has 16 heteroatoms. The molecule has 1 aromatic heterocycles. The number of alkyl halides is 2. The molecule has 2 saturated heterocycles. The third-order valence-electron chi connectivity index (χ3n) is 8.32. The lowest BCUT2D eigenvalue weighted by Crippen LogP contribution is -2.48. The first kappa shape index (κ1) is 36.3. The van der Waals surface area contributed by atoms with Crippen LogP contribution in [-0.2, 0) is 23.2 Å². The molecule has 0 saturated carbocycles. The molecule has 0 aliphatic carbocycles. The summed E-state index contributed by atoms with van der Waals surface area (Å²) in [7, 11) is -6.86. The van der Waals surface area contributed by atoms with Crippen LogP contribution >= 0.6 is 39.6 Å². The van der Waals surface area contributed by atoms with Crippen molar-refractivity contribution in [3.63, 3.8) is 0 Å². The van der Waals surface area contributed by atoms with Gasteiger partial charge in [-0.3, -0.25) is 14.3 Å². The number of nitrogens with zero attached hydrogens (tertiary/aromatic N) is 2. The van der Waals surface area contributed by atoms with E-state index in [4.69, 9.17) is 18.6 Å². The molecule has 3 rings (SSSR count). The van der Waals surface area contributed by atoms with Gasteiger partial charge in [-0.2, -0.15) is 0 Å². The highest BCUT2D eigenvalue weighted by atomic mass is 79.9. The number of nitrogens with one attached hydrogen (secondary N) is 1. The first-order valence-electron chi connectivity index (χ1n) is 14.2. The van der Waals surface area contributed by atoms with E-state index < -0.39 is 55.9 Å². The van der Waals surface area contributed by atoms with Gasteiger partial charge in [-0.15, -0.1) is 0 Å². The van der Waals surface area contributed by atoms with Crippen LogP contribution in [0.5, 0.6) is 0 Å². The number of aromatic amines is 1. The molecule has 0 aromatic carbocycles. The molecule has 0 amide bonds. The van der Waals surface area contributed by atoms with Crippen LogP contribution in [-0.4, -0.2) is 85.8 Å². The Morgan fingerprint density at radius 2 is 1.95 bits per heavy atom. The van der Waals surface area contributed by atoms with Gasteiger partial charge in [0.2, 0.25) is 0 Å². The van der Waals surface area contributed by atoms with E-state index in [0.29, 0.717) is 37.6 Å². The number of hydrogen-bond acceptors (Lipinski definition) is 7. The van der Waals surface area contributed by atoms with Gasteiger partial charge in [0, 0.05) is 41.4 Å². The summed E-state index contributed by atoms with van der Waals surface area (Å²) in [5.74, 6) is -0.693. The maximum Gasteiger partial charge on any atom is 0.403 e. The Balaban J connectivity index is 1.94. The first-order chi connectivity index (χ1) is 19.1. The molecule has 3 N–H and O–H groups in total. The first-order valence-corrected chi connectivity index (χ1v) is 20.6. The van der Waals surface area contributed by atoms with Crippen LogP contribution in [0.25, 0.3) is 0 Å². The topological polar surface area (TPSA) is 153 Å². The summed E-state index contributed by atoms with van der Waals surface area (Å²) in [5.41, 5.74) is -1.07. The van der Waals surface area contributed by atoms with Crippen LogP contribution in [0.2, 0.25) is 18.1 Å². The van der Waals surface area contributed by atoms with E-state index in [-0.39, 0.29) is 24.2 Å². The quantitative estimate of drug-likeness (QED) is 0.149. The highest BCUT2D eigenvalue weighted by Crippen LogP contribution is 2.47. The van der Waals surface area contributed by atoms with Crippen LogP contribution in [0.15, 0.2) is 21.9 Å². The Morgan fingerprint density at radius 1 is 1.29 bits per heavy atom. The Kier molecular flexibility index (Phi) is 11.8. The van der Waals surface area contributed by atoms with Crippen LogP contribution in [0.4, 0.5) is 0 Å². The minimum atomic E-state index is -4.57. The third-order valence-corrected chi connectivity index (χ3v) is 15.2. The summed E-state index contributed by atoms with van der Waals surface area (Å²) in [6.45, 7) is 15.0. The fourth-order valence-corrected chi connectivity index (χ4v) is 8.97. The summed E-state index contributed by atoms with van der Waals surface area (Å²) in [6, 6.07) is 1.28. The van der Waals surface area contributed by atoms with Gasteiger partial charge in [-0.25, -0.2) is 14.0 Å². The molecule has 1 aromatic rings. The van der Waals surface area contributed by atoms with Crippen molar-refractivity contribution in [1.29, 1.82) is 0 Å². The minimum Gasteiger partial charge on any atom is -0.411 e. The molecule has 0 spiro atoms. The molecule has 5 atom stereocenters. The molecule has 0 bridgehead atoms. The highest BCUT2D eigenvalue weighted by molar-refractivity contribution is 9.10. The van der Waals surface area contributed by atoms with E-state index in [1.165, 1.54) is 16.8 Å². The van der Waals surface area contributed by atoms with Crippen LogP contribution < -0.4 is 11.2 Å². The summed E-state index contributed by atoms with van der Waals surface area (Å²) in [6.07, 6.45) is 1.47. The van der Waals surface area contributed by atoms with Gasteiger partial charge in [0.05, 0.1) is 24.9 Å². The summed E-state index contributed by atoms with van der Waals surface area (Å²) >= 11 is 7.22. The monoisotopic (exact) mass is 761 g/mol. The van der Waals surface area contributed by atoms with Gasteiger partial charge >= 0.3 is 13.4 Å². The number of aromatic nitrogens is 2. The van der Waals surface area contributed by atoms with Crippen LogP contribution in [0, 0.1) is 0 Å². The molecule has 0 radical (unpaired) electrons. The largest absolute Gasteiger partial charge is 0.411 e.